The van der Waals surface area contributed by atoms with Crippen LogP contribution in [0, 0.1) is 0 Å². The fourth-order valence-electron chi connectivity index (χ4n) is 2.20. The van der Waals surface area contributed by atoms with E-state index >= 15 is 0 Å². The van der Waals surface area contributed by atoms with E-state index in [0.717, 1.165) is 33.0 Å². The topological polar surface area (TPSA) is 48.7 Å². The Morgan fingerprint density at radius 1 is 1.05 bits per heavy atom. The number of nitrogens with zero attached hydrogens (tertiary/aromatic N) is 3. The van der Waals surface area contributed by atoms with Crippen molar-refractivity contribution in [3.8, 4) is 22.8 Å². The van der Waals surface area contributed by atoms with Crippen LogP contribution in [0.5, 0.6) is 11.5 Å². The molecule has 0 fully saturated rings. The molecule has 100 valence electrons. The van der Waals surface area contributed by atoms with Crippen molar-refractivity contribution in [3.05, 3.63) is 41.1 Å². The molecule has 4 rings (SSSR count). The first-order valence-electron chi connectivity index (χ1n) is 6.21. The first kappa shape index (κ1) is 11.7. The van der Waals surface area contributed by atoms with Crippen molar-refractivity contribution < 1.29 is 9.47 Å². The molecule has 0 radical (unpaired) electrons. The summed E-state index contributed by atoms with van der Waals surface area (Å²) in [4.78, 5) is 4.23. The number of imidazole rings is 1. The van der Waals surface area contributed by atoms with E-state index in [1.54, 1.807) is 10.7 Å². The summed E-state index contributed by atoms with van der Waals surface area (Å²) in [5.74, 6) is 1.55. The minimum Gasteiger partial charge on any atom is -0.486 e. The highest BCUT2D eigenvalue weighted by Crippen LogP contribution is 2.34. The third-order valence-electron chi connectivity index (χ3n) is 3.16. The van der Waals surface area contributed by atoms with Crippen molar-refractivity contribution >= 4 is 21.6 Å². The summed E-state index contributed by atoms with van der Waals surface area (Å²) < 4.78 is 13.7. The van der Waals surface area contributed by atoms with E-state index in [2.05, 4.69) is 26.0 Å². The summed E-state index contributed by atoms with van der Waals surface area (Å²) in [7, 11) is 0. The summed E-state index contributed by atoms with van der Waals surface area (Å²) >= 11 is 3.43. The number of ether oxygens (including phenoxy) is 2. The summed E-state index contributed by atoms with van der Waals surface area (Å²) in [6, 6.07) is 9.72. The van der Waals surface area contributed by atoms with E-state index in [4.69, 9.17) is 9.47 Å². The average molecular weight is 332 g/mol. The van der Waals surface area contributed by atoms with Gasteiger partial charge in [-0.25, -0.2) is 9.50 Å². The number of rotatable bonds is 1. The molecule has 0 spiro atoms. The molecule has 0 saturated carbocycles. The van der Waals surface area contributed by atoms with Gasteiger partial charge in [-0.2, -0.15) is 5.10 Å². The minimum atomic E-state index is 0.579. The smallest absolute Gasteiger partial charge is 0.162 e. The van der Waals surface area contributed by atoms with Gasteiger partial charge in [0, 0.05) is 5.56 Å². The fourth-order valence-corrected chi connectivity index (χ4v) is 2.57. The number of fused-ring (bicyclic) bond motifs is 2. The Kier molecular flexibility index (Phi) is 2.63. The third kappa shape index (κ3) is 1.84. The molecule has 0 aliphatic carbocycles. The molecule has 0 atom stereocenters. The highest BCUT2D eigenvalue weighted by atomic mass is 79.9. The largest absolute Gasteiger partial charge is 0.486 e. The molecule has 3 aromatic rings. The van der Waals surface area contributed by atoms with E-state index in [-0.39, 0.29) is 0 Å². The molecule has 1 aliphatic rings. The maximum absolute atomic E-state index is 5.60. The SMILES string of the molecule is Brc1cnc2ccc(-c3ccc4c(c3)OCCO4)nn12. The second kappa shape index (κ2) is 4.49. The van der Waals surface area contributed by atoms with Gasteiger partial charge in [0.2, 0.25) is 0 Å². The number of benzene rings is 1. The lowest BCUT2D eigenvalue weighted by Crippen LogP contribution is -2.15. The molecule has 2 aromatic heterocycles. The summed E-state index contributed by atoms with van der Waals surface area (Å²) in [6.07, 6.45) is 1.73. The van der Waals surface area contributed by atoms with Gasteiger partial charge in [-0.3, -0.25) is 0 Å². The van der Waals surface area contributed by atoms with Crippen LogP contribution in [0.1, 0.15) is 0 Å². The zero-order valence-electron chi connectivity index (χ0n) is 10.4. The maximum Gasteiger partial charge on any atom is 0.162 e. The molecule has 5 nitrogen and oxygen atoms in total. The van der Waals surface area contributed by atoms with Crippen LogP contribution in [0.4, 0.5) is 0 Å². The molecule has 3 heterocycles. The predicted octanol–water partition coefficient (Wildman–Crippen LogP) is 2.93. The molecular formula is C14H10BrN3O2. The van der Waals surface area contributed by atoms with E-state index < -0.39 is 0 Å². The Bertz CT molecular complexity index is 800. The van der Waals surface area contributed by atoms with Crippen LogP contribution in [-0.2, 0) is 0 Å². The Balaban J connectivity index is 1.83. The van der Waals surface area contributed by atoms with Crippen molar-refractivity contribution in [2.24, 2.45) is 0 Å². The highest BCUT2D eigenvalue weighted by Gasteiger charge is 2.13. The second-order valence-electron chi connectivity index (χ2n) is 4.43. The minimum absolute atomic E-state index is 0.579. The molecule has 0 unspecified atom stereocenters. The molecule has 0 amide bonds. The average Bonchev–Trinajstić information content (AvgIpc) is 2.88. The van der Waals surface area contributed by atoms with Gasteiger partial charge in [-0.15, -0.1) is 0 Å². The van der Waals surface area contributed by atoms with Crippen molar-refractivity contribution in [2.75, 3.05) is 13.2 Å². The van der Waals surface area contributed by atoms with Crippen LogP contribution < -0.4 is 9.47 Å². The highest BCUT2D eigenvalue weighted by molar-refractivity contribution is 9.10. The predicted molar refractivity (Wildman–Crippen MR) is 77.1 cm³/mol. The lowest BCUT2D eigenvalue weighted by molar-refractivity contribution is 0.171. The molecule has 20 heavy (non-hydrogen) atoms. The standard InChI is InChI=1S/C14H10BrN3O2/c15-13-8-16-14-4-2-10(17-18(13)14)9-1-3-11-12(7-9)20-6-5-19-11/h1-4,7-8H,5-6H2. The monoisotopic (exact) mass is 331 g/mol. The molecule has 6 heteroatoms. The maximum atomic E-state index is 5.60. The Morgan fingerprint density at radius 2 is 1.90 bits per heavy atom. The van der Waals surface area contributed by atoms with Gasteiger partial charge in [0.25, 0.3) is 0 Å². The molecule has 0 saturated heterocycles. The Morgan fingerprint density at radius 3 is 2.80 bits per heavy atom. The zero-order chi connectivity index (χ0) is 13.5. The van der Waals surface area contributed by atoms with Gasteiger partial charge < -0.3 is 9.47 Å². The van der Waals surface area contributed by atoms with Crippen molar-refractivity contribution in [1.82, 2.24) is 14.6 Å². The molecule has 0 bridgehead atoms. The van der Waals surface area contributed by atoms with Gasteiger partial charge >= 0.3 is 0 Å². The molecule has 0 N–H and O–H groups in total. The van der Waals surface area contributed by atoms with Crippen LogP contribution >= 0.6 is 15.9 Å². The first-order valence-corrected chi connectivity index (χ1v) is 7.01. The van der Waals surface area contributed by atoms with E-state index in [0.29, 0.717) is 13.2 Å². The molecule has 1 aliphatic heterocycles. The number of aromatic nitrogens is 3. The summed E-state index contributed by atoms with van der Waals surface area (Å²) in [6.45, 7) is 1.18. The van der Waals surface area contributed by atoms with Crippen molar-refractivity contribution in [3.63, 3.8) is 0 Å². The Labute approximate surface area is 123 Å². The number of halogens is 1. The molecule has 1 aromatic carbocycles. The van der Waals surface area contributed by atoms with Crippen LogP contribution in [-0.4, -0.2) is 27.8 Å². The van der Waals surface area contributed by atoms with E-state index in [1.165, 1.54) is 0 Å². The van der Waals surface area contributed by atoms with E-state index in [9.17, 15) is 0 Å². The number of hydrogen-bond donors (Lipinski definition) is 0. The molecular weight excluding hydrogens is 322 g/mol. The van der Waals surface area contributed by atoms with Gasteiger partial charge in [0.1, 0.15) is 17.8 Å². The second-order valence-corrected chi connectivity index (χ2v) is 5.24. The van der Waals surface area contributed by atoms with Gasteiger partial charge in [0.05, 0.1) is 11.9 Å². The van der Waals surface area contributed by atoms with Gasteiger partial charge in [0.15, 0.2) is 17.1 Å². The quantitative estimate of drug-likeness (QED) is 0.687. The fraction of sp³-hybridized carbons (Fsp3) is 0.143. The van der Waals surface area contributed by atoms with Gasteiger partial charge in [-0.05, 0) is 46.3 Å². The summed E-state index contributed by atoms with van der Waals surface area (Å²) in [5, 5.41) is 4.56. The van der Waals surface area contributed by atoms with Crippen LogP contribution in [0.25, 0.3) is 16.9 Å². The van der Waals surface area contributed by atoms with Gasteiger partial charge in [-0.1, -0.05) is 0 Å². The van der Waals surface area contributed by atoms with Crippen molar-refractivity contribution in [2.45, 2.75) is 0 Å². The van der Waals surface area contributed by atoms with Crippen LogP contribution in [0.15, 0.2) is 41.1 Å². The van der Waals surface area contributed by atoms with Crippen LogP contribution in [0.3, 0.4) is 0 Å². The lowest BCUT2D eigenvalue weighted by atomic mass is 10.1. The lowest BCUT2D eigenvalue weighted by Gasteiger charge is -2.18. The van der Waals surface area contributed by atoms with E-state index in [1.807, 2.05) is 30.3 Å². The third-order valence-corrected chi connectivity index (χ3v) is 3.70. The normalized spacial score (nSPS) is 13.7. The Hall–Kier alpha value is -2.08. The zero-order valence-corrected chi connectivity index (χ0v) is 12.0. The number of hydrogen-bond acceptors (Lipinski definition) is 4. The summed E-state index contributed by atoms with van der Waals surface area (Å²) in [5.41, 5.74) is 2.64. The van der Waals surface area contributed by atoms with Crippen LogP contribution in [0.2, 0.25) is 0 Å². The van der Waals surface area contributed by atoms with Crippen molar-refractivity contribution in [1.29, 1.82) is 0 Å². The first-order chi connectivity index (χ1) is 9.81.